The van der Waals surface area contributed by atoms with Crippen LogP contribution in [-0.2, 0) is 20.9 Å². The van der Waals surface area contributed by atoms with Crippen molar-refractivity contribution in [3.63, 3.8) is 0 Å². The second kappa shape index (κ2) is 6.05. The minimum absolute atomic E-state index is 0.131. The quantitative estimate of drug-likeness (QED) is 0.804. The number of likely N-dealkylation sites (tertiary alicyclic amines) is 1. The zero-order valence-electron chi connectivity index (χ0n) is 12.9. The first-order valence-electron chi connectivity index (χ1n) is 7.73. The summed E-state index contributed by atoms with van der Waals surface area (Å²) in [5.74, 6) is -0.0740. The summed E-state index contributed by atoms with van der Waals surface area (Å²) < 4.78 is 5.07. The van der Waals surface area contributed by atoms with Gasteiger partial charge in [0.05, 0.1) is 7.11 Å². The molecule has 4 heteroatoms. The van der Waals surface area contributed by atoms with Gasteiger partial charge in [-0.3, -0.25) is 14.5 Å². The number of piperidine rings is 1. The molecule has 0 radical (unpaired) electrons. The highest BCUT2D eigenvalue weighted by molar-refractivity contribution is 5.95. The lowest BCUT2D eigenvalue weighted by atomic mass is 9.68. The fourth-order valence-corrected chi connectivity index (χ4v) is 3.60. The molecule has 22 heavy (non-hydrogen) atoms. The van der Waals surface area contributed by atoms with Crippen LogP contribution >= 0.6 is 0 Å². The zero-order valence-corrected chi connectivity index (χ0v) is 12.9. The number of ether oxygens (including phenoxy) is 1. The Morgan fingerprint density at radius 3 is 2.77 bits per heavy atom. The van der Waals surface area contributed by atoms with Crippen molar-refractivity contribution in [2.75, 3.05) is 20.2 Å². The Bertz CT molecular complexity index is 608. The molecule has 1 aromatic rings. The van der Waals surface area contributed by atoms with Gasteiger partial charge in [0.2, 0.25) is 0 Å². The molecule has 3 rings (SSSR count). The Morgan fingerprint density at radius 1 is 1.27 bits per heavy atom. The third-order valence-electron chi connectivity index (χ3n) is 4.76. The number of benzene rings is 1. The minimum Gasteiger partial charge on any atom is -0.468 e. The molecule has 1 saturated heterocycles. The smallest absolute Gasteiger partial charge is 0.317 e. The summed E-state index contributed by atoms with van der Waals surface area (Å²) in [4.78, 5) is 26.4. The predicted octanol–water partition coefficient (Wildman–Crippen LogP) is 2.34. The number of hydrogen-bond acceptors (Lipinski definition) is 4. The van der Waals surface area contributed by atoms with E-state index in [1.807, 2.05) is 18.2 Å². The molecule has 1 aromatic carbocycles. The van der Waals surface area contributed by atoms with Gasteiger partial charge in [0.1, 0.15) is 5.41 Å². The van der Waals surface area contributed by atoms with E-state index in [1.165, 1.54) is 12.7 Å². The SMILES string of the molecule is COC(=O)[C@@]12CCC(=O)C=C1CCN(Cc1ccccc1)C2. The van der Waals surface area contributed by atoms with E-state index in [2.05, 4.69) is 17.0 Å². The summed E-state index contributed by atoms with van der Waals surface area (Å²) in [5, 5.41) is 0. The molecule has 1 aliphatic carbocycles. The molecule has 116 valence electrons. The van der Waals surface area contributed by atoms with Crippen molar-refractivity contribution in [3.05, 3.63) is 47.5 Å². The Labute approximate surface area is 130 Å². The lowest BCUT2D eigenvalue weighted by Gasteiger charge is -2.44. The average molecular weight is 299 g/mol. The van der Waals surface area contributed by atoms with Gasteiger partial charge in [-0.15, -0.1) is 0 Å². The standard InChI is InChI=1S/C18H21NO3/c1-22-17(21)18-9-7-16(20)11-15(18)8-10-19(13-18)12-14-5-3-2-4-6-14/h2-6,11H,7-10,12-13H2,1H3/t18-/m1/s1. The monoisotopic (exact) mass is 299 g/mol. The summed E-state index contributed by atoms with van der Waals surface area (Å²) in [6, 6.07) is 10.3. The van der Waals surface area contributed by atoms with Crippen LogP contribution in [0.2, 0.25) is 0 Å². The fraction of sp³-hybridized carbons (Fsp3) is 0.444. The number of ketones is 1. The molecule has 0 unspecified atom stereocenters. The van der Waals surface area contributed by atoms with Crippen LogP contribution in [0.4, 0.5) is 0 Å². The van der Waals surface area contributed by atoms with Gasteiger partial charge in [-0.25, -0.2) is 0 Å². The maximum atomic E-state index is 12.4. The highest BCUT2D eigenvalue weighted by Crippen LogP contribution is 2.43. The molecule has 0 amide bonds. The number of hydrogen-bond donors (Lipinski definition) is 0. The first-order chi connectivity index (χ1) is 10.6. The van der Waals surface area contributed by atoms with Gasteiger partial charge in [-0.2, -0.15) is 0 Å². The van der Waals surface area contributed by atoms with E-state index in [4.69, 9.17) is 4.74 Å². The normalized spacial score (nSPS) is 25.3. The highest BCUT2D eigenvalue weighted by Gasteiger charge is 2.48. The molecule has 0 saturated carbocycles. The van der Waals surface area contributed by atoms with Crippen LogP contribution in [0.15, 0.2) is 42.0 Å². The van der Waals surface area contributed by atoms with Crippen molar-refractivity contribution in [3.8, 4) is 0 Å². The first kappa shape index (κ1) is 15.0. The molecule has 2 aliphatic rings. The summed E-state index contributed by atoms with van der Waals surface area (Å²) in [5.41, 5.74) is 1.57. The van der Waals surface area contributed by atoms with Crippen molar-refractivity contribution in [2.24, 2.45) is 5.41 Å². The van der Waals surface area contributed by atoms with E-state index in [-0.39, 0.29) is 11.8 Å². The zero-order chi connectivity index (χ0) is 15.6. The summed E-state index contributed by atoms with van der Waals surface area (Å²) >= 11 is 0. The van der Waals surface area contributed by atoms with Gasteiger partial charge in [0, 0.05) is 26.1 Å². The number of carbonyl (C=O) groups is 2. The first-order valence-corrected chi connectivity index (χ1v) is 7.73. The summed E-state index contributed by atoms with van der Waals surface area (Å²) in [6.45, 7) is 2.32. The molecular weight excluding hydrogens is 278 g/mol. The number of rotatable bonds is 3. The Balaban J connectivity index is 1.84. The van der Waals surface area contributed by atoms with Crippen molar-refractivity contribution in [1.29, 1.82) is 0 Å². The molecule has 1 fully saturated rings. The maximum Gasteiger partial charge on any atom is 0.317 e. The van der Waals surface area contributed by atoms with Crippen LogP contribution < -0.4 is 0 Å². The number of allylic oxidation sites excluding steroid dienone is 1. The van der Waals surface area contributed by atoms with E-state index in [0.717, 1.165) is 25.1 Å². The highest BCUT2D eigenvalue weighted by atomic mass is 16.5. The van der Waals surface area contributed by atoms with Crippen molar-refractivity contribution >= 4 is 11.8 Å². The summed E-state index contributed by atoms with van der Waals surface area (Å²) in [7, 11) is 1.43. The van der Waals surface area contributed by atoms with Gasteiger partial charge in [-0.1, -0.05) is 30.3 Å². The van der Waals surface area contributed by atoms with Crippen LogP contribution in [0, 0.1) is 5.41 Å². The third kappa shape index (κ3) is 2.71. The van der Waals surface area contributed by atoms with Crippen molar-refractivity contribution in [2.45, 2.75) is 25.8 Å². The van der Waals surface area contributed by atoms with Gasteiger partial charge >= 0.3 is 5.97 Å². The largest absolute Gasteiger partial charge is 0.468 e. The van der Waals surface area contributed by atoms with Gasteiger partial charge in [0.25, 0.3) is 0 Å². The fourth-order valence-electron chi connectivity index (χ4n) is 3.60. The number of fused-ring (bicyclic) bond motifs is 1. The van der Waals surface area contributed by atoms with E-state index in [0.29, 0.717) is 19.4 Å². The maximum absolute atomic E-state index is 12.4. The number of nitrogens with zero attached hydrogens (tertiary/aromatic N) is 1. The Kier molecular flexibility index (Phi) is 4.12. The Morgan fingerprint density at radius 2 is 2.05 bits per heavy atom. The number of methoxy groups -OCH3 is 1. The molecule has 0 bridgehead atoms. The van der Waals surface area contributed by atoms with Crippen LogP contribution in [0.3, 0.4) is 0 Å². The minimum atomic E-state index is -0.629. The second-order valence-corrected chi connectivity index (χ2v) is 6.16. The van der Waals surface area contributed by atoms with E-state index in [9.17, 15) is 9.59 Å². The lowest BCUT2D eigenvalue weighted by molar-refractivity contribution is -0.153. The molecule has 0 N–H and O–H groups in total. The van der Waals surface area contributed by atoms with Crippen LogP contribution in [-0.4, -0.2) is 36.9 Å². The van der Waals surface area contributed by atoms with Crippen LogP contribution in [0.1, 0.15) is 24.8 Å². The van der Waals surface area contributed by atoms with Crippen molar-refractivity contribution < 1.29 is 14.3 Å². The van der Waals surface area contributed by atoms with E-state index >= 15 is 0 Å². The molecular formula is C18H21NO3. The molecule has 0 aromatic heterocycles. The van der Waals surface area contributed by atoms with Crippen LogP contribution in [0.5, 0.6) is 0 Å². The average Bonchev–Trinajstić information content (AvgIpc) is 2.55. The van der Waals surface area contributed by atoms with E-state index in [1.54, 1.807) is 6.08 Å². The molecule has 1 heterocycles. The van der Waals surface area contributed by atoms with Crippen LogP contribution in [0.25, 0.3) is 0 Å². The number of esters is 1. The second-order valence-electron chi connectivity index (χ2n) is 6.16. The van der Waals surface area contributed by atoms with Gasteiger partial charge < -0.3 is 4.74 Å². The van der Waals surface area contributed by atoms with Gasteiger partial charge in [0.15, 0.2) is 5.78 Å². The third-order valence-corrected chi connectivity index (χ3v) is 4.76. The molecule has 4 nitrogen and oxygen atoms in total. The van der Waals surface area contributed by atoms with Gasteiger partial charge in [-0.05, 0) is 30.1 Å². The molecule has 1 atom stereocenters. The topological polar surface area (TPSA) is 46.6 Å². The van der Waals surface area contributed by atoms with Crippen molar-refractivity contribution in [1.82, 2.24) is 4.90 Å². The van der Waals surface area contributed by atoms with E-state index < -0.39 is 5.41 Å². The summed E-state index contributed by atoms with van der Waals surface area (Å²) in [6.07, 6.45) is 3.43. The molecule has 0 spiro atoms. The predicted molar refractivity (Wildman–Crippen MR) is 83.1 cm³/mol. The number of carbonyl (C=O) groups excluding carboxylic acids is 2. The Hall–Kier alpha value is -1.94. The molecule has 1 aliphatic heterocycles. The lowest BCUT2D eigenvalue weighted by Crippen LogP contribution is -2.51.